The van der Waals surface area contributed by atoms with Crippen LogP contribution in [0.25, 0.3) is 0 Å². The van der Waals surface area contributed by atoms with E-state index in [4.69, 9.17) is 0 Å². The Kier molecular flexibility index (Phi) is 6.21. The topological polar surface area (TPSA) is 95.9 Å². The van der Waals surface area contributed by atoms with Gasteiger partial charge in [-0.15, -0.1) is 15.7 Å². The molecule has 2 aromatic rings. The van der Waals surface area contributed by atoms with E-state index in [0.717, 1.165) is 28.7 Å². The fraction of sp³-hybridized carbons (Fsp3) is 0.278. The van der Waals surface area contributed by atoms with Gasteiger partial charge in [0, 0.05) is 18.7 Å². The number of hydrogen-bond acceptors (Lipinski definition) is 6. The molecule has 1 aliphatic rings. The molecule has 1 aromatic heterocycles. The maximum Gasteiger partial charge on any atom is 0.294 e. The Morgan fingerprint density at radius 2 is 2.00 bits per heavy atom. The first-order chi connectivity index (χ1) is 13.3. The Balaban J connectivity index is 1.75. The molecule has 1 aromatic carbocycles. The number of carbonyl (C=O) groups excluding carboxylic acids is 2. The highest BCUT2D eigenvalue weighted by Crippen LogP contribution is 2.31. The van der Waals surface area contributed by atoms with Crippen LogP contribution >= 0.6 is 23.1 Å². The molecule has 1 saturated heterocycles. The quantitative estimate of drug-likeness (QED) is 0.749. The van der Waals surface area contributed by atoms with Gasteiger partial charge in [0.05, 0.1) is 0 Å². The summed E-state index contributed by atoms with van der Waals surface area (Å²) in [5.74, 6) is -0.619. The molecule has 3 rings (SSSR count). The standard InChI is InChI=1S/C18H19N3O4S3/c1-3-21-17(23)14(11-15(22)19-13-8-5-4-7-12(13)2)27-18(21)20-28(24,25)16-9-6-10-26-16/h4-10,14H,3,11H2,1-2H3,(H,19,22)/b20-18+. The number of thioether (sulfide) groups is 1. The molecule has 7 nitrogen and oxygen atoms in total. The third-order valence-electron chi connectivity index (χ3n) is 4.07. The molecule has 1 aliphatic heterocycles. The molecule has 0 aliphatic carbocycles. The van der Waals surface area contributed by atoms with Crippen molar-refractivity contribution in [2.45, 2.75) is 29.7 Å². The summed E-state index contributed by atoms with van der Waals surface area (Å²) in [4.78, 5) is 26.3. The molecule has 2 amide bonds. The van der Waals surface area contributed by atoms with Crippen LogP contribution in [0.1, 0.15) is 18.9 Å². The molecule has 148 valence electrons. The number of sulfonamides is 1. The van der Waals surface area contributed by atoms with E-state index >= 15 is 0 Å². The van der Waals surface area contributed by atoms with Gasteiger partial charge in [-0.2, -0.15) is 8.42 Å². The summed E-state index contributed by atoms with van der Waals surface area (Å²) >= 11 is 2.07. The van der Waals surface area contributed by atoms with Gasteiger partial charge in [-0.1, -0.05) is 36.0 Å². The number of hydrogen-bond donors (Lipinski definition) is 1. The van der Waals surface area contributed by atoms with Crippen LogP contribution in [0.15, 0.2) is 50.4 Å². The average Bonchev–Trinajstić information content (AvgIpc) is 3.27. The molecule has 0 bridgehead atoms. The van der Waals surface area contributed by atoms with E-state index in [0.29, 0.717) is 5.69 Å². The van der Waals surface area contributed by atoms with E-state index in [2.05, 4.69) is 9.71 Å². The highest BCUT2D eigenvalue weighted by Gasteiger charge is 2.39. The monoisotopic (exact) mass is 437 g/mol. The van der Waals surface area contributed by atoms with Crippen LogP contribution in [0.4, 0.5) is 5.69 Å². The van der Waals surface area contributed by atoms with E-state index < -0.39 is 15.3 Å². The van der Waals surface area contributed by atoms with Crippen LogP contribution in [-0.2, 0) is 19.6 Å². The Morgan fingerprint density at radius 3 is 2.64 bits per heavy atom. The SMILES string of the molecule is CCN1C(=O)C(CC(=O)Nc2ccccc2C)S/C1=N/S(=O)(=O)c1cccs1. The summed E-state index contributed by atoms with van der Waals surface area (Å²) < 4.78 is 28.8. The molecule has 0 spiro atoms. The van der Waals surface area contributed by atoms with Gasteiger partial charge in [-0.05, 0) is 36.9 Å². The summed E-state index contributed by atoms with van der Waals surface area (Å²) in [6.07, 6.45) is -0.0631. The lowest BCUT2D eigenvalue weighted by Gasteiger charge is -2.13. The van der Waals surface area contributed by atoms with Crippen molar-refractivity contribution in [1.82, 2.24) is 4.90 Å². The maximum atomic E-state index is 12.6. The minimum atomic E-state index is -3.88. The lowest BCUT2D eigenvalue weighted by Crippen LogP contribution is -2.33. The van der Waals surface area contributed by atoms with Gasteiger partial charge in [-0.3, -0.25) is 14.5 Å². The molecule has 1 fully saturated rings. The number of aryl methyl sites for hydroxylation is 1. The summed E-state index contributed by atoms with van der Waals surface area (Å²) in [6, 6.07) is 10.4. The Morgan fingerprint density at radius 1 is 1.25 bits per heavy atom. The molecule has 28 heavy (non-hydrogen) atoms. The third kappa shape index (κ3) is 4.45. The second-order valence-electron chi connectivity index (χ2n) is 6.04. The van der Waals surface area contributed by atoms with Crippen molar-refractivity contribution >= 4 is 55.8 Å². The second-order valence-corrected chi connectivity index (χ2v) is 9.99. The third-order valence-corrected chi connectivity index (χ3v) is 8.00. The van der Waals surface area contributed by atoms with Crippen LogP contribution in [0.5, 0.6) is 0 Å². The van der Waals surface area contributed by atoms with Gasteiger partial charge in [-0.25, -0.2) is 0 Å². The number of benzene rings is 1. The van der Waals surface area contributed by atoms with Crippen molar-refractivity contribution in [2.24, 2.45) is 4.40 Å². The van der Waals surface area contributed by atoms with Gasteiger partial charge in [0.1, 0.15) is 9.46 Å². The van der Waals surface area contributed by atoms with E-state index in [9.17, 15) is 18.0 Å². The van der Waals surface area contributed by atoms with Crippen LogP contribution in [0, 0.1) is 6.92 Å². The summed E-state index contributed by atoms with van der Waals surface area (Å²) in [7, 11) is -3.88. The van der Waals surface area contributed by atoms with Gasteiger partial charge < -0.3 is 5.32 Å². The molecular formula is C18H19N3O4S3. The molecule has 1 N–H and O–H groups in total. The number of rotatable bonds is 6. The molecule has 2 heterocycles. The van der Waals surface area contributed by atoms with Gasteiger partial charge >= 0.3 is 0 Å². The van der Waals surface area contributed by atoms with Gasteiger partial charge in [0.2, 0.25) is 11.8 Å². The van der Waals surface area contributed by atoms with Crippen molar-refractivity contribution in [2.75, 3.05) is 11.9 Å². The number of nitrogens with one attached hydrogen (secondary N) is 1. The van der Waals surface area contributed by atoms with E-state index in [-0.39, 0.29) is 34.2 Å². The van der Waals surface area contributed by atoms with Crippen molar-refractivity contribution in [3.63, 3.8) is 0 Å². The Hall–Kier alpha value is -2.17. The maximum absolute atomic E-state index is 12.6. The number of carbonyl (C=O) groups is 2. The molecule has 0 saturated carbocycles. The molecule has 1 atom stereocenters. The number of nitrogens with zero attached hydrogens (tertiary/aromatic N) is 2. The van der Waals surface area contributed by atoms with Crippen molar-refractivity contribution in [3.8, 4) is 0 Å². The number of amidine groups is 1. The zero-order valence-corrected chi connectivity index (χ0v) is 17.7. The van der Waals surface area contributed by atoms with Crippen molar-refractivity contribution in [3.05, 3.63) is 47.3 Å². The lowest BCUT2D eigenvalue weighted by molar-refractivity contribution is -0.128. The predicted molar refractivity (Wildman–Crippen MR) is 112 cm³/mol. The first-order valence-corrected chi connectivity index (χ1v) is 11.7. The summed E-state index contributed by atoms with van der Waals surface area (Å²) in [6.45, 7) is 3.90. The highest BCUT2D eigenvalue weighted by molar-refractivity contribution is 8.16. The summed E-state index contributed by atoms with van der Waals surface area (Å²) in [5.41, 5.74) is 1.60. The zero-order chi connectivity index (χ0) is 20.3. The Bertz CT molecular complexity index is 1020. The average molecular weight is 438 g/mol. The molecule has 1 unspecified atom stereocenters. The van der Waals surface area contributed by atoms with Gasteiger partial charge in [0.15, 0.2) is 5.17 Å². The van der Waals surface area contributed by atoms with Crippen molar-refractivity contribution in [1.29, 1.82) is 0 Å². The van der Waals surface area contributed by atoms with Crippen LogP contribution in [0.3, 0.4) is 0 Å². The second kappa shape index (κ2) is 8.46. The summed E-state index contributed by atoms with van der Waals surface area (Å²) in [5, 5.41) is 3.84. The van der Waals surface area contributed by atoms with Crippen LogP contribution in [-0.4, -0.2) is 42.1 Å². The van der Waals surface area contributed by atoms with Crippen molar-refractivity contribution < 1.29 is 18.0 Å². The number of amides is 2. The fourth-order valence-electron chi connectivity index (χ4n) is 2.64. The normalized spacial score (nSPS) is 18.6. The van der Waals surface area contributed by atoms with E-state index in [1.54, 1.807) is 24.4 Å². The minimum absolute atomic E-state index is 0.0631. The number of para-hydroxylation sites is 1. The fourth-order valence-corrected chi connectivity index (χ4v) is 6.03. The molecule has 0 radical (unpaired) electrons. The van der Waals surface area contributed by atoms with E-state index in [1.165, 1.54) is 11.0 Å². The first kappa shape index (κ1) is 20.6. The smallest absolute Gasteiger partial charge is 0.294 e. The Labute approximate surface area is 171 Å². The first-order valence-electron chi connectivity index (χ1n) is 8.54. The number of anilines is 1. The zero-order valence-electron chi connectivity index (χ0n) is 15.3. The minimum Gasteiger partial charge on any atom is -0.326 e. The molecular weight excluding hydrogens is 418 g/mol. The number of thiophene rings is 1. The molecule has 10 heteroatoms. The van der Waals surface area contributed by atoms with Gasteiger partial charge in [0.25, 0.3) is 10.0 Å². The van der Waals surface area contributed by atoms with Crippen LogP contribution in [0.2, 0.25) is 0 Å². The highest BCUT2D eigenvalue weighted by atomic mass is 32.2. The predicted octanol–water partition coefficient (Wildman–Crippen LogP) is 3.09. The largest absolute Gasteiger partial charge is 0.326 e. The lowest BCUT2D eigenvalue weighted by atomic mass is 10.2. The van der Waals surface area contributed by atoms with Crippen LogP contribution < -0.4 is 5.32 Å². The van der Waals surface area contributed by atoms with E-state index in [1.807, 2.05) is 25.1 Å².